The maximum absolute atomic E-state index is 11.9. The van der Waals surface area contributed by atoms with E-state index in [4.69, 9.17) is 0 Å². The smallest absolute Gasteiger partial charge is 0.292 e. The number of rotatable bonds is 7. The van der Waals surface area contributed by atoms with Crippen LogP contribution in [0.15, 0.2) is 152 Å². The number of benzene rings is 6. The summed E-state index contributed by atoms with van der Waals surface area (Å²) in [7, 11) is 0. The van der Waals surface area contributed by atoms with Crippen molar-refractivity contribution in [1.82, 2.24) is 0 Å². The summed E-state index contributed by atoms with van der Waals surface area (Å²) < 4.78 is 0. The lowest BCUT2D eigenvalue weighted by Crippen LogP contribution is -2.00. The van der Waals surface area contributed by atoms with Crippen molar-refractivity contribution in [2.75, 3.05) is 5.32 Å². The van der Waals surface area contributed by atoms with Crippen LogP contribution >= 0.6 is 0 Å². The second-order valence-corrected chi connectivity index (χ2v) is 9.52. The molecule has 1 N–H and O–H groups in total. The Labute approximate surface area is 233 Å². The molecule has 4 nitrogen and oxygen atoms in total. The van der Waals surface area contributed by atoms with Crippen molar-refractivity contribution >= 4 is 17.1 Å². The molecular formula is C36H26N2O2. The summed E-state index contributed by atoms with van der Waals surface area (Å²) in [6, 6.07) is 50.2. The first kappa shape index (κ1) is 24.8. The normalized spacial score (nSPS) is 10.7. The van der Waals surface area contributed by atoms with Gasteiger partial charge >= 0.3 is 0 Å². The fourth-order valence-corrected chi connectivity index (χ4v) is 5.04. The van der Waals surface area contributed by atoms with Gasteiger partial charge in [-0.3, -0.25) is 10.1 Å². The highest BCUT2D eigenvalue weighted by Crippen LogP contribution is 2.42. The fourth-order valence-electron chi connectivity index (χ4n) is 5.04. The van der Waals surface area contributed by atoms with E-state index in [0.717, 1.165) is 50.2 Å². The largest absolute Gasteiger partial charge is 0.349 e. The first-order valence-corrected chi connectivity index (χ1v) is 13.1. The molecule has 6 aromatic rings. The Morgan fingerprint density at radius 3 is 1.40 bits per heavy atom. The zero-order chi connectivity index (χ0) is 27.3. The van der Waals surface area contributed by atoms with Crippen LogP contribution in [0.1, 0.15) is 0 Å². The predicted molar refractivity (Wildman–Crippen MR) is 165 cm³/mol. The number of nitrogens with one attached hydrogen (secondary N) is 1. The van der Waals surface area contributed by atoms with E-state index >= 15 is 0 Å². The fraction of sp³-hybridized carbons (Fsp3) is 0. The second-order valence-electron chi connectivity index (χ2n) is 9.52. The average Bonchev–Trinajstić information content (AvgIpc) is 3.02. The van der Waals surface area contributed by atoms with Crippen molar-refractivity contribution in [3.05, 3.63) is 162 Å². The van der Waals surface area contributed by atoms with Crippen LogP contribution in [-0.4, -0.2) is 4.92 Å². The van der Waals surface area contributed by atoms with Gasteiger partial charge in [-0.25, -0.2) is 0 Å². The third-order valence-electron chi connectivity index (χ3n) is 6.99. The molecule has 0 bridgehead atoms. The quantitative estimate of drug-likeness (QED) is 0.169. The molecule has 40 heavy (non-hydrogen) atoms. The van der Waals surface area contributed by atoms with E-state index in [9.17, 15) is 10.1 Å². The summed E-state index contributed by atoms with van der Waals surface area (Å²) >= 11 is 0. The molecule has 192 valence electrons. The summed E-state index contributed by atoms with van der Waals surface area (Å²) in [6.07, 6.45) is 0. The van der Waals surface area contributed by atoms with E-state index in [2.05, 4.69) is 90.2 Å². The van der Waals surface area contributed by atoms with E-state index < -0.39 is 0 Å². The molecule has 4 heteroatoms. The van der Waals surface area contributed by atoms with Gasteiger partial charge in [-0.2, -0.15) is 0 Å². The molecule has 0 atom stereocenters. The Morgan fingerprint density at radius 1 is 0.450 bits per heavy atom. The van der Waals surface area contributed by atoms with Gasteiger partial charge in [0.1, 0.15) is 5.69 Å². The van der Waals surface area contributed by atoms with Crippen LogP contribution < -0.4 is 5.32 Å². The lowest BCUT2D eigenvalue weighted by molar-refractivity contribution is -0.383. The van der Waals surface area contributed by atoms with E-state index in [1.54, 1.807) is 12.1 Å². The summed E-state index contributed by atoms with van der Waals surface area (Å²) in [5.41, 5.74) is 9.70. The zero-order valence-corrected chi connectivity index (χ0v) is 21.7. The topological polar surface area (TPSA) is 55.2 Å². The third-order valence-corrected chi connectivity index (χ3v) is 6.99. The minimum Gasteiger partial charge on any atom is -0.349 e. The molecule has 0 heterocycles. The number of anilines is 2. The highest BCUT2D eigenvalue weighted by molar-refractivity contribution is 5.95. The Balaban J connectivity index is 1.54. The van der Waals surface area contributed by atoms with E-state index in [-0.39, 0.29) is 10.6 Å². The number of nitrogens with zero attached hydrogens (tertiary/aromatic N) is 1. The summed E-state index contributed by atoms with van der Waals surface area (Å²) in [5, 5.41) is 15.4. The van der Waals surface area contributed by atoms with Crippen molar-refractivity contribution < 1.29 is 4.92 Å². The summed E-state index contributed by atoms with van der Waals surface area (Å²) in [5.74, 6) is 0. The minimum absolute atomic E-state index is 0.0272. The van der Waals surface area contributed by atoms with Gasteiger partial charge in [0.25, 0.3) is 5.69 Å². The molecular weight excluding hydrogens is 492 g/mol. The molecule has 0 aliphatic carbocycles. The van der Waals surface area contributed by atoms with Crippen LogP contribution in [0.25, 0.3) is 44.5 Å². The molecule has 0 aromatic heterocycles. The lowest BCUT2D eigenvalue weighted by Gasteiger charge is -2.19. The molecule has 0 aliphatic heterocycles. The van der Waals surface area contributed by atoms with Gasteiger partial charge in [0.15, 0.2) is 0 Å². The van der Waals surface area contributed by atoms with Crippen LogP contribution in [0.5, 0.6) is 0 Å². The SMILES string of the molecule is O=[N+]([O-])c1ccccc1Nc1c(-c2cccc(-c3ccccc3)c2)cccc1-c1cccc(-c2ccccc2)c1. The van der Waals surface area contributed by atoms with E-state index in [0.29, 0.717) is 5.69 Å². The minimum atomic E-state index is -0.351. The Kier molecular flexibility index (Phi) is 6.89. The Hall–Kier alpha value is -5.48. The standard InChI is InChI=1S/C36H26N2O2/c39-38(40)35-23-8-7-22-34(35)37-36-32(30-18-9-16-28(24-30)26-12-3-1-4-13-26)20-11-21-33(36)31-19-10-17-29(25-31)27-14-5-2-6-15-27/h1-25,37H. The maximum Gasteiger partial charge on any atom is 0.292 e. The van der Waals surface area contributed by atoms with Gasteiger partial charge in [0, 0.05) is 17.2 Å². The van der Waals surface area contributed by atoms with Crippen LogP contribution in [0.3, 0.4) is 0 Å². The van der Waals surface area contributed by atoms with Crippen molar-refractivity contribution in [2.24, 2.45) is 0 Å². The number of para-hydroxylation sites is 3. The Bertz CT molecular complexity index is 1700. The van der Waals surface area contributed by atoms with Gasteiger partial charge < -0.3 is 5.32 Å². The molecule has 0 saturated heterocycles. The van der Waals surface area contributed by atoms with Gasteiger partial charge in [0.2, 0.25) is 0 Å². The van der Waals surface area contributed by atoms with Gasteiger partial charge in [0.05, 0.1) is 10.6 Å². The molecule has 0 unspecified atom stereocenters. The number of hydrogen-bond acceptors (Lipinski definition) is 3. The zero-order valence-electron chi connectivity index (χ0n) is 21.7. The number of nitro benzene ring substituents is 1. The van der Waals surface area contributed by atoms with Crippen LogP contribution in [0.4, 0.5) is 17.1 Å². The molecule has 0 saturated carbocycles. The number of nitro groups is 1. The van der Waals surface area contributed by atoms with E-state index in [1.807, 2.05) is 48.5 Å². The van der Waals surface area contributed by atoms with Crippen molar-refractivity contribution in [3.8, 4) is 44.5 Å². The third kappa shape index (κ3) is 5.11. The molecule has 0 fully saturated rings. The Morgan fingerprint density at radius 2 is 0.875 bits per heavy atom. The maximum atomic E-state index is 11.9. The molecule has 0 spiro atoms. The van der Waals surface area contributed by atoms with Crippen LogP contribution in [0.2, 0.25) is 0 Å². The van der Waals surface area contributed by atoms with E-state index in [1.165, 1.54) is 6.07 Å². The highest BCUT2D eigenvalue weighted by Gasteiger charge is 2.18. The van der Waals surface area contributed by atoms with Crippen molar-refractivity contribution in [3.63, 3.8) is 0 Å². The van der Waals surface area contributed by atoms with Crippen molar-refractivity contribution in [1.29, 1.82) is 0 Å². The monoisotopic (exact) mass is 518 g/mol. The molecule has 0 radical (unpaired) electrons. The molecule has 0 amide bonds. The van der Waals surface area contributed by atoms with Crippen LogP contribution in [-0.2, 0) is 0 Å². The lowest BCUT2D eigenvalue weighted by atomic mass is 9.92. The molecule has 6 aromatic carbocycles. The first-order chi connectivity index (χ1) is 19.7. The summed E-state index contributed by atoms with van der Waals surface area (Å²) in [6.45, 7) is 0. The molecule has 0 aliphatic rings. The van der Waals surface area contributed by atoms with Gasteiger partial charge in [-0.05, 0) is 51.6 Å². The second kappa shape index (κ2) is 11.1. The predicted octanol–water partition coefficient (Wildman–Crippen LogP) is 10.0. The highest BCUT2D eigenvalue weighted by atomic mass is 16.6. The van der Waals surface area contributed by atoms with Crippen LogP contribution in [0, 0.1) is 10.1 Å². The average molecular weight is 519 g/mol. The number of hydrogen-bond donors (Lipinski definition) is 1. The van der Waals surface area contributed by atoms with Gasteiger partial charge in [-0.1, -0.05) is 127 Å². The van der Waals surface area contributed by atoms with Gasteiger partial charge in [-0.15, -0.1) is 0 Å². The van der Waals surface area contributed by atoms with Crippen molar-refractivity contribution in [2.45, 2.75) is 0 Å². The first-order valence-electron chi connectivity index (χ1n) is 13.1. The molecule has 6 rings (SSSR count). The summed E-state index contributed by atoms with van der Waals surface area (Å²) in [4.78, 5) is 11.5.